The molecule has 6 heteroatoms. The van der Waals surface area contributed by atoms with Crippen LogP contribution >= 0.6 is 0 Å². The highest BCUT2D eigenvalue weighted by Crippen LogP contribution is 2.34. The molecule has 1 aliphatic carbocycles. The van der Waals surface area contributed by atoms with Gasteiger partial charge in [-0.25, -0.2) is 0 Å². The quantitative estimate of drug-likeness (QED) is 0.280. The molecule has 0 aromatic carbocycles. The number of Topliss-reactive ketones (excluding diaryl/α,β-unsaturated/α-hetero) is 1. The molecule has 0 bridgehead atoms. The molecule has 1 rings (SSSR count). The number of carbonyl (C=O) groups is 2. The fraction of sp³-hybridized carbons (Fsp3) is 0.826. The Balaban J connectivity index is 2.50. The summed E-state index contributed by atoms with van der Waals surface area (Å²) in [4.78, 5) is 23.1. The van der Waals surface area contributed by atoms with Gasteiger partial charge in [-0.2, -0.15) is 0 Å². The first-order valence-corrected chi connectivity index (χ1v) is 11.1. The number of hydrogen-bond donors (Lipinski definition) is 3. The molecule has 6 nitrogen and oxygen atoms in total. The van der Waals surface area contributed by atoms with E-state index in [1.807, 2.05) is 6.08 Å². The molecule has 0 unspecified atom stereocenters. The van der Waals surface area contributed by atoms with Crippen LogP contribution in [-0.2, 0) is 14.3 Å². The number of aliphatic hydroxyl groups is 2. The van der Waals surface area contributed by atoms with Crippen molar-refractivity contribution >= 4 is 11.8 Å². The van der Waals surface area contributed by atoms with Crippen LogP contribution in [0.15, 0.2) is 12.2 Å². The van der Waals surface area contributed by atoms with Crippen molar-refractivity contribution in [1.29, 1.82) is 0 Å². The minimum atomic E-state index is -0.876. The van der Waals surface area contributed by atoms with E-state index in [0.717, 1.165) is 32.1 Å². The minimum Gasteiger partial charge on any atom is -0.481 e. The Morgan fingerprint density at radius 3 is 2.62 bits per heavy atom. The van der Waals surface area contributed by atoms with Crippen LogP contribution in [0.5, 0.6) is 0 Å². The molecule has 0 spiro atoms. The maximum Gasteiger partial charge on any atom is 0.305 e. The van der Waals surface area contributed by atoms with Gasteiger partial charge in [-0.15, -0.1) is 0 Å². The molecule has 1 aliphatic rings. The molecule has 168 valence electrons. The third kappa shape index (κ3) is 9.87. The van der Waals surface area contributed by atoms with E-state index in [9.17, 15) is 19.8 Å². The highest BCUT2D eigenvalue weighted by atomic mass is 16.5. The zero-order valence-electron chi connectivity index (χ0n) is 18.3. The van der Waals surface area contributed by atoms with Crippen LogP contribution in [0.1, 0.15) is 78.1 Å². The van der Waals surface area contributed by atoms with E-state index in [1.165, 1.54) is 7.11 Å². The van der Waals surface area contributed by atoms with E-state index >= 15 is 0 Å². The first kappa shape index (κ1) is 25.8. The average Bonchev–Trinajstić information content (AvgIpc) is 2.93. The Morgan fingerprint density at radius 2 is 2.00 bits per heavy atom. The number of aliphatic carboxylic acids is 1. The van der Waals surface area contributed by atoms with Crippen LogP contribution in [0.2, 0.25) is 0 Å². The van der Waals surface area contributed by atoms with Gasteiger partial charge in [0.05, 0.1) is 24.7 Å². The molecular weight excluding hydrogens is 372 g/mol. The molecule has 0 aliphatic heterocycles. The summed E-state index contributed by atoms with van der Waals surface area (Å²) >= 11 is 0. The van der Waals surface area contributed by atoms with Crippen molar-refractivity contribution in [1.82, 2.24) is 0 Å². The summed E-state index contributed by atoms with van der Waals surface area (Å²) < 4.78 is 5.19. The van der Waals surface area contributed by atoms with Crippen molar-refractivity contribution in [2.24, 2.45) is 17.8 Å². The van der Waals surface area contributed by atoms with Crippen LogP contribution in [0.4, 0.5) is 0 Å². The van der Waals surface area contributed by atoms with Crippen LogP contribution in [0.3, 0.4) is 0 Å². The summed E-state index contributed by atoms with van der Waals surface area (Å²) in [5.41, 5.74) is 0. The Kier molecular flexibility index (Phi) is 12.4. The first-order chi connectivity index (χ1) is 13.8. The normalized spacial score (nSPS) is 25.4. The molecule has 3 N–H and O–H groups in total. The fourth-order valence-electron chi connectivity index (χ4n) is 4.24. The van der Waals surface area contributed by atoms with E-state index in [2.05, 4.69) is 13.8 Å². The van der Waals surface area contributed by atoms with E-state index < -0.39 is 18.2 Å². The second kappa shape index (κ2) is 13.9. The molecule has 0 aromatic heterocycles. The standard InChI is InChI=1S/C23H40O6/c1-4-5-8-16(2)13-17(24)11-12-20-19(21(25)15-22(20)26)10-7-6-9-18(29-3)14-23(27)28/h11-12,16-20,22,24,26H,4-10,13-15H2,1-3H3,(H,27,28)/b12-11+/t16-,17+,18-,19+,20+,22+/m0/s1. The number of rotatable bonds is 15. The molecule has 0 aromatic rings. The zero-order chi connectivity index (χ0) is 21.8. The lowest BCUT2D eigenvalue weighted by molar-refractivity contribution is -0.139. The third-order valence-electron chi connectivity index (χ3n) is 6.01. The predicted molar refractivity (Wildman–Crippen MR) is 113 cm³/mol. The second-order valence-corrected chi connectivity index (χ2v) is 8.60. The van der Waals surface area contributed by atoms with E-state index in [4.69, 9.17) is 9.84 Å². The Labute approximate surface area is 175 Å². The third-order valence-corrected chi connectivity index (χ3v) is 6.01. The summed E-state index contributed by atoms with van der Waals surface area (Å²) in [7, 11) is 1.51. The van der Waals surface area contributed by atoms with Crippen molar-refractivity contribution in [3.8, 4) is 0 Å². The largest absolute Gasteiger partial charge is 0.481 e. The predicted octanol–water partition coefficient (Wildman–Crippen LogP) is 3.74. The second-order valence-electron chi connectivity index (χ2n) is 8.60. The van der Waals surface area contributed by atoms with Crippen molar-refractivity contribution in [2.45, 2.75) is 96.4 Å². The first-order valence-electron chi connectivity index (χ1n) is 11.1. The Hall–Kier alpha value is -1.24. The molecule has 1 fully saturated rings. The molecule has 6 atom stereocenters. The van der Waals surface area contributed by atoms with Gasteiger partial charge in [0.25, 0.3) is 0 Å². The summed E-state index contributed by atoms with van der Waals surface area (Å²) in [6.45, 7) is 4.30. The highest BCUT2D eigenvalue weighted by Gasteiger charge is 2.39. The fourth-order valence-corrected chi connectivity index (χ4v) is 4.24. The lowest BCUT2D eigenvalue weighted by Gasteiger charge is -2.19. The number of methoxy groups -OCH3 is 1. The monoisotopic (exact) mass is 412 g/mol. The summed E-state index contributed by atoms with van der Waals surface area (Å²) in [5.74, 6) is -0.836. The van der Waals surface area contributed by atoms with E-state index in [1.54, 1.807) is 6.08 Å². The number of aliphatic hydroxyl groups excluding tert-OH is 2. The van der Waals surface area contributed by atoms with Crippen molar-refractivity contribution in [2.75, 3.05) is 7.11 Å². The molecule has 0 radical (unpaired) electrons. The van der Waals surface area contributed by atoms with Crippen molar-refractivity contribution in [3.63, 3.8) is 0 Å². The van der Waals surface area contributed by atoms with E-state index in [-0.39, 0.29) is 36.6 Å². The highest BCUT2D eigenvalue weighted by molar-refractivity contribution is 5.84. The number of carbonyl (C=O) groups excluding carboxylic acids is 1. The average molecular weight is 413 g/mol. The molecule has 0 amide bonds. The molecular formula is C23H40O6. The number of hydrogen-bond acceptors (Lipinski definition) is 5. The van der Waals surface area contributed by atoms with Gasteiger partial charge in [-0.05, 0) is 25.2 Å². The summed E-state index contributed by atoms with van der Waals surface area (Å²) in [6.07, 6.45) is 9.14. The SMILES string of the molecule is CCCC[C@H](C)C[C@H](O)/C=C/[C@H]1[C@H](O)CC(=O)[C@@H]1CCCC[C@@H](CC(=O)O)OC. The number of carboxylic acids is 1. The van der Waals surface area contributed by atoms with Gasteiger partial charge in [-0.3, -0.25) is 9.59 Å². The van der Waals surface area contributed by atoms with E-state index in [0.29, 0.717) is 25.2 Å². The van der Waals surface area contributed by atoms with Crippen molar-refractivity contribution < 1.29 is 29.6 Å². The van der Waals surface area contributed by atoms with Crippen LogP contribution in [-0.4, -0.2) is 52.5 Å². The molecule has 1 saturated carbocycles. The van der Waals surface area contributed by atoms with Gasteiger partial charge in [0.15, 0.2) is 0 Å². The number of ether oxygens (including phenoxy) is 1. The van der Waals surface area contributed by atoms with Crippen LogP contribution in [0, 0.1) is 17.8 Å². The topological polar surface area (TPSA) is 104 Å². The van der Waals surface area contributed by atoms with Gasteiger partial charge < -0.3 is 20.1 Å². The Morgan fingerprint density at radius 1 is 1.28 bits per heavy atom. The molecule has 29 heavy (non-hydrogen) atoms. The minimum absolute atomic E-state index is 0.0164. The maximum absolute atomic E-state index is 12.3. The number of unbranched alkanes of at least 4 members (excludes halogenated alkanes) is 2. The van der Waals surface area contributed by atoms with Gasteiger partial charge in [0.1, 0.15) is 5.78 Å². The van der Waals surface area contributed by atoms with Gasteiger partial charge in [0.2, 0.25) is 0 Å². The van der Waals surface area contributed by atoms with Crippen LogP contribution in [0.25, 0.3) is 0 Å². The molecule has 0 heterocycles. The summed E-state index contributed by atoms with van der Waals surface area (Å²) in [6, 6.07) is 0. The Bertz CT molecular complexity index is 517. The summed E-state index contributed by atoms with van der Waals surface area (Å²) in [5, 5.41) is 29.4. The number of ketones is 1. The van der Waals surface area contributed by atoms with Gasteiger partial charge in [0, 0.05) is 25.4 Å². The zero-order valence-corrected chi connectivity index (χ0v) is 18.3. The van der Waals surface area contributed by atoms with Crippen molar-refractivity contribution in [3.05, 3.63) is 12.2 Å². The van der Waals surface area contributed by atoms with Gasteiger partial charge in [-0.1, -0.05) is 58.1 Å². The maximum atomic E-state index is 12.3. The smallest absolute Gasteiger partial charge is 0.305 e. The lowest BCUT2D eigenvalue weighted by Crippen LogP contribution is -2.20. The number of carboxylic acid groups (broad SMARTS) is 1. The van der Waals surface area contributed by atoms with Crippen LogP contribution < -0.4 is 0 Å². The lowest BCUT2D eigenvalue weighted by atomic mass is 9.88. The molecule has 0 saturated heterocycles. The van der Waals surface area contributed by atoms with Gasteiger partial charge >= 0.3 is 5.97 Å².